The molecule has 2 aliphatic rings. The van der Waals surface area contributed by atoms with Crippen molar-refractivity contribution in [2.75, 3.05) is 5.75 Å². The van der Waals surface area contributed by atoms with Gasteiger partial charge in [-0.2, -0.15) is 0 Å². The number of hydrogen-bond donors (Lipinski definition) is 3. The van der Waals surface area contributed by atoms with Gasteiger partial charge >= 0.3 is 0 Å². The van der Waals surface area contributed by atoms with E-state index in [4.69, 9.17) is 4.74 Å². The summed E-state index contributed by atoms with van der Waals surface area (Å²) in [6, 6.07) is 6.37. The molecule has 3 N–H and O–H groups in total. The van der Waals surface area contributed by atoms with E-state index in [0.29, 0.717) is 40.4 Å². The number of thioether (sulfide) groups is 1. The maximum atomic E-state index is 13.9. The van der Waals surface area contributed by atoms with Crippen molar-refractivity contribution in [1.82, 2.24) is 19.5 Å². The van der Waals surface area contributed by atoms with Gasteiger partial charge in [-0.25, -0.2) is 24.3 Å². The van der Waals surface area contributed by atoms with Gasteiger partial charge in [-0.1, -0.05) is 12.1 Å². The number of aromatic nitrogens is 4. The Morgan fingerprint density at radius 2 is 2.00 bits per heavy atom. The zero-order valence-corrected chi connectivity index (χ0v) is 17.8. The van der Waals surface area contributed by atoms with E-state index in [1.807, 2.05) is 0 Å². The molecule has 1 saturated carbocycles. The van der Waals surface area contributed by atoms with Crippen LogP contribution in [0.25, 0.3) is 11.2 Å². The molecule has 5 unspecified atom stereocenters. The number of halogens is 1. The molecular formula is C21H22FN5O4S. The Hall–Kier alpha value is -2.44. The third-order valence-corrected chi connectivity index (χ3v) is 6.87. The van der Waals surface area contributed by atoms with Crippen LogP contribution < -0.4 is 0 Å². The van der Waals surface area contributed by atoms with E-state index in [1.165, 1.54) is 35.0 Å². The third kappa shape index (κ3) is 3.90. The van der Waals surface area contributed by atoms with Gasteiger partial charge in [-0.05, 0) is 31.4 Å². The van der Waals surface area contributed by atoms with Crippen LogP contribution in [0, 0.1) is 5.82 Å². The van der Waals surface area contributed by atoms with E-state index in [1.54, 1.807) is 18.2 Å². The number of rotatable bonds is 5. The Morgan fingerprint density at radius 1 is 1.16 bits per heavy atom. The summed E-state index contributed by atoms with van der Waals surface area (Å²) in [5, 5.41) is 31.2. The molecule has 5 atom stereocenters. The van der Waals surface area contributed by atoms with Gasteiger partial charge < -0.3 is 20.1 Å². The highest BCUT2D eigenvalue weighted by Crippen LogP contribution is 2.35. The lowest BCUT2D eigenvalue weighted by atomic mass is 10.1. The predicted molar refractivity (Wildman–Crippen MR) is 115 cm³/mol. The standard InChI is InChI=1S/C21H22FN5O4S/c22-11-4-1-2-7-15(11)32-8-14-17(29)18(30)21(31-14)27-10-25-16-19(23-9-24-20(16)27)26-12-5-3-6-13(12)28/h1-2,4,7,9-10,13-14,17-18,21,28-30H,3,5-6,8H2. The lowest BCUT2D eigenvalue weighted by Crippen LogP contribution is -2.32. The van der Waals surface area contributed by atoms with Crippen molar-refractivity contribution in [2.45, 2.75) is 54.8 Å². The average molecular weight is 460 g/mol. The number of aliphatic imine (C=N–C) groups is 1. The summed E-state index contributed by atoms with van der Waals surface area (Å²) in [4.78, 5) is 17.7. The van der Waals surface area contributed by atoms with Gasteiger partial charge in [0.25, 0.3) is 0 Å². The van der Waals surface area contributed by atoms with Crippen LogP contribution in [0.15, 0.2) is 46.8 Å². The topological polar surface area (TPSA) is 126 Å². The first-order chi connectivity index (χ1) is 15.5. The Labute approximate surface area is 187 Å². The number of aliphatic hydroxyl groups is 3. The van der Waals surface area contributed by atoms with E-state index < -0.39 is 30.6 Å². The van der Waals surface area contributed by atoms with Crippen molar-refractivity contribution < 1.29 is 24.4 Å². The molecule has 3 aromatic rings. The van der Waals surface area contributed by atoms with Crippen LogP contribution in [0.4, 0.5) is 10.2 Å². The number of hydrogen-bond acceptors (Lipinski definition) is 9. The Bertz CT molecular complexity index is 1160. The fourth-order valence-corrected chi connectivity index (χ4v) is 5.01. The minimum atomic E-state index is -1.22. The number of ether oxygens (including phenoxy) is 1. The SMILES string of the molecule is OC1CCCC1=Nc1ncnc2c1ncn2C1OC(CSc2ccccc2F)C(O)C1O. The third-order valence-electron chi connectivity index (χ3n) is 5.74. The second-order valence-electron chi connectivity index (χ2n) is 7.82. The van der Waals surface area contributed by atoms with E-state index in [2.05, 4.69) is 19.9 Å². The number of benzene rings is 1. The molecular weight excluding hydrogens is 437 g/mol. The monoisotopic (exact) mass is 459 g/mol. The van der Waals surface area contributed by atoms with Crippen molar-refractivity contribution in [3.8, 4) is 0 Å². The lowest BCUT2D eigenvalue weighted by Gasteiger charge is -2.16. The molecule has 3 heterocycles. The molecule has 1 aromatic carbocycles. The van der Waals surface area contributed by atoms with E-state index >= 15 is 0 Å². The van der Waals surface area contributed by atoms with Crippen molar-refractivity contribution in [1.29, 1.82) is 0 Å². The van der Waals surface area contributed by atoms with Crippen molar-refractivity contribution >= 4 is 34.5 Å². The van der Waals surface area contributed by atoms with Crippen LogP contribution in [0.2, 0.25) is 0 Å². The zero-order chi connectivity index (χ0) is 22.2. The highest BCUT2D eigenvalue weighted by molar-refractivity contribution is 7.99. The molecule has 1 aliphatic carbocycles. The predicted octanol–water partition coefficient (Wildman–Crippen LogP) is 1.99. The summed E-state index contributed by atoms with van der Waals surface area (Å²) in [5.41, 5.74) is 1.47. The quantitative estimate of drug-likeness (QED) is 0.495. The molecule has 1 aliphatic heterocycles. The van der Waals surface area contributed by atoms with Crippen LogP contribution in [-0.4, -0.2) is 70.7 Å². The minimum Gasteiger partial charge on any atom is -0.387 e. The first kappa shape index (κ1) is 21.4. The minimum absolute atomic E-state index is 0.258. The fraction of sp³-hybridized carbons (Fsp3) is 0.429. The Morgan fingerprint density at radius 3 is 2.78 bits per heavy atom. The molecule has 2 aromatic heterocycles. The van der Waals surface area contributed by atoms with Gasteiger partial charge in [0.05, 0.1) is 18.5 Å². The molecule has 32 heavy (non-hydrogen) atoms. The van der Waals surface area contributed by atoms with Crippen molar-refractivity contribution in [3.63, 3.8) is 0 Å². The van der Waals surface area contributed by atoms with Gasteiger partial charge in [0.1, 0.15) is 24.4 Å². The molecule has 1 saturated heterocycles. The maximum Gasteiger partial charge on any atom is 0.183 e. The molecule has 11 heteroatoms. The number of aliphatic hydroxyl groups excluding tert-OH is 3. The number of nitrogens with zero attached hydrogens (tertiary/aromatic N) is 5. The first-order valence-electron chi connectivity index (χ1n) is 10.3. The molecule has 2 fully saturated rings. The van der Waals surface area contributed by atoms with E-state index in [-0.39, 0.29) is 11.6 Å². The molecule has 0 spiro atoms. The largest absolute Gasteiger partial charge is 0.387 e. The van der Waals surface area contributed by atoms with Crippen molar-refractivity contribution in [2.24, 2.45) is 4.99 Å². The van der Waals surface area contributed by atoms with Crippen LogP contribution in [0.3, 0.4) is 0 Å². The number of fused-ring (bicyclic) bond motifs is 1. The van der Waals surface area contributed by atoms with Crippen LogP contribution >= 0.6 is 11.8 Å². The van der Waals surface area contributed by atoms with Crippen LogP contribution in [-0.2, 0) is 4.74 Å². The molecule has 5 rings (SSSR count). The second kappa shape index (κ2) is 8.83. The summed E-state index contributed by atoms with van der Waals surface area (Å²) < 4.78 is 21.4. The van der Waals surface area contributed by atoms with Gasteiger partial charge in [0.15, 0.2) is 23.2 Å². The zero-order valence-electron chi connectivity index (χ0n) is 17.0. The van der Waals surface area contributed by atoms with Crippen molar-refractivity contribution in [3.05, 3.63) is 42.7 Å². The number of imidazole rings is 1. The first-order valence-corrected chi connectivity index (χ1v) is 11.3. The highest BCUT2D eigenvalue weighted by Gasteiger charge is 2.44. The fourth-order valence-electron chi connectivity index (χ4n) is 4.01. The van der Waals surface area contributed by atoms with Gasteiger partial charge in [0.2, 0.25) is 0 Å². The summed E-state index contributed by atoms with van der Waals surface area (Å²) in [6.07, 6.45) is 0.442. The summed E-state index contributed by atoms with van der Waals surface area (Å²) in [7, 11) is 0. The normalized spacial score (nSPS) is 29.4. The molecule has 168 valence electrons. The molecule has 0 radical (unpaired) electrons. The van der Waals surface area contributed by atoms with E-state index in [0.717, 1.165) is 6.42 Å². The lowest BCUT2D eigenvalue weighted by molar-refractivity contribution is -0.0289. The average Bonchev–Trinajstić information content (AvgIpc) is 3.47. The molecule has 9 nitrogen and oxygen atoms in total. The van der Waals surface area contributed by atoms with Crippen LogP contribution in [0.1, 0.15) is 25.5 Å². The summed E-state index contributed by atoms with van der Waals surface area (Å²) >= 11 is 1.21. The Kier molecular flexibility index (Phi) is 5.91. The smallest absolute Gasteiger partial charge is 0.183 e. The Balaban J connectivity index is 1.38. The van der Waals surface area contributed by atoms with Crippen LogP contribution in [0.5, 0.6) is 0 Å². The van der Waals surface area contributed by atoms with Gasteiger partial charge in [-0.3, -0.25) is 4.57 Å². The van der Waals surface area contributed by atoms with E-state index in [9.17, 15) is 19.7 Å². The molecule has 0 amide bonds. The molecule has 0 bridgehead atoms. The van der Waals surface area contributed by atoms with Gasteiger partial charge in [0, 0.05) is 16.4 Å². The highest BCUT2D eigenvalue weighted by atomic mass is 32.2. The second-order valence-corrected chi connectivity index (χ2v) is 8.88. The maximum absolute atomic E-state index is 13.9. The summed E-state index contributed by atoms with van der Waals surface area (Å²) in [5.74, 6) is 0.249. The van der Waals surface area contributed by atoms with Gasteiger partial charge in [-0.15, -0.1) is 11.8 Å². The summed E-state index contributed by atoms with van der Waals surface area (Å²) in [6.45, 7) is 0.